The summed E-state index contributed by atoms with van der Waals surface area (Å²) in [5.41, 5.74) is 0. The van der Waals surface area contributed by atoms with Gasteiger partial charge >= 0.3 is 0 Å². The molecule has 3 nitrogen and oxygen atoms in total. The summed E-state index contributed by atoms with van der Waals surface area (Å²) in [5, 5.41) is 11.2. The van der Waals surface area contributed by atoms with Crippen molar-refractivity contribution in [1.29, 1.82) is 5.26 Å². The third-order valence-electron chi connectivity index (χ3n) is 1.42. The highest BCUT2D eigenvalue weighted by Gasteiger charge is 2.07. The third-order valence-corrected chi connectivity index (χ3v) is 1.42. The van der Waals surface area contributed by atoms with E-state index in [2.05, 4.69) is 5.32 Å². The molecule has 0 bridgehead atoms. The van der Waals surface area contributed by atoms with Crippen LogP contribution in [0.4, 0.5) is 0 Å². The van der Waals surface area contributed by atoms with Crippen LogP contribution < -0.4 is 5.32 Å². The van der Waals surface area contributed by atoms with Crippen molar-refractivity contribution in [3.05, 3.63) is 0 Å². The molecule has 0 aliphatic heterocycles. The molecule has 1 N–H and O–H groups in total. The van der Waals surface area contributed by atoms with Crippen LogP contribution in [0.1, 0.15) is 27.2 Å². The van der Waals surface area contributed by atoms with E-state index in [1.54, 1.807) is 6.92 Å². The van der Waals surface area contributed by atoms with E-state index in [0.717, 1.165) is 0 Å². The molecular weight excluding hydrogens is 152 g/mol. The minimum atomic E-state index is -0.183. The Bertz CT molecular complexity index is 181. The predicted molar refractivity (Wildman–Crippen MR) is 47.2 cm³/mol. The van der Waals surface area contributed by atoms with Crippen LogP contribution >= 0.6 is 0 Å². The van der Waals surface area contributed by atoms with Crippen molar-refractivity contribution in [2.45, 2.75) is 27.2 Å². The number of rotatable bonds is 4. The van der Waals surface area contributed by atoms with Crippen molar-refractivity contribution in [2.24, 2.45) is 11.8 Å². The number of nitrogens with zero attached hydrogens (tertiary/aromatic N) is 1. The summed E-state index contributed by atoms with van der Waals surface area (Å²) < 4.78 is 0. The van der Waals surface area contributed by atoms with Crippen LogP contribution in [0.5, 0.6) is 0 Å². The standard InChI is InChI=1S/C9H16N2O/c1-7(2)6-11-9(12)4-8(3)5-10/h7-8H,4,6H2,1-3H3,(H,11,12). The summed E-state index contributed by atoms with van der Waals surface area (Å²) in [4.78, 5) is 11.1. The van der Waals surface area contributed by atoms with Crippen LogP contribution in [0.2, 0.25) is 0 Å². The van der Waals surface area contributed by atoms with Gasteiger partial charge in [-0.15, -0.1) is 0 Å². The molecule has 0 aromatic rings. The summed E-state index contributed by atoms with van der Waals surface area (Å²) in [5.74, 6) is 0.251. The first-order valence-electron chi connectivity index (χ1n) is 4.22. The molecule has 0 saturated carbocycles. The molecule has 1 amide bonds. The van der Waals surface area contributed by atoms with Crippen LogP contribution in [0, 0.1) is 23.2 Å². The summed E-state index contributed by atoms with van der Waals surface area (Å²) in [6, 6.07) is 2.02. The zero-order valence-electron chi connectivity index (χ0n) is 7.92. The van der Waals surface area contributed by atoms with Crippen LogP contribution in [0.25, 0.3) is 0 Å². The largest absolute Gasteiger partial charge is 0.356 e. The third kappa shape index (κ3) is 5.72. The average Bonchev–Trinajstić information content (AvgIpc) is 2.00. The highest BCUT2D eigenvalue weighted by Crippen LogP contribution is 1.98. The maximum atomic E-state index is 11.1. The number of amides is 1. The van der Waals surface area contributed by atoms with Crippen molar-refractivity contribution >= 4 is 5.91 Å². The Morgan fingerprint density at radius 2 is 2.08 bits per heavy atom. The van der Waals surface area contributed by atoms with Crippen molar-refractivity contribution in [1.82, 2.24) is 5.32 Å². The molecule has 0 spiro atoms. The lowest BCUT2D eigenvalue weighted by Crippen LogP contribution is -2.28. The zero-order chi connectivity index (χ0) is 9.56. The quantitative estimate of drug-likeness (QED) is 0.688. The first kappa shape index (κ1) is 11.0. The van der Waals surface area contributed by atoms with E-state index in [0.29, 0.717) is 18.9 Å². The van der Waals surface area contributed by atoms with Crippen molar-refractivity contribution < 1.29 is 4.79 Å². The lowest BCUT2D eigenvalue weighted by molar-refractivity contribution is -0.121. The number of nitrogens with one attached hydrogen (secondary N) is 1. The predicted octanol–water partition coefficient (Wildman–Crippen LogP) is 1.31. The van der Waals surface area contributed by atoms with Gasteiger partial charge in [0.1, 0.15) is 0 Å². The lowest BCUT2D eigenvalue weighted by atomic mass is 10.1. The molecule has 0 aromatic heterocycles. The number of hydrogen-bond acceptors (Lipinski definition) is 2. The Hall–Kier alpha value is -1.04. The fraction of sp³-hybridized carbons (Fsp3) is 0.778. The van der Waals surface area contributed by atoms with Crippen LogP contribution in [-0.4, -0.2) is 12.5 Å². The Kier molecular flexibility index (Phi) is 5.11. The molecule has 68 valence electrons. The highest BCUT2D eigenvalue weighted by molar-refractivity contribution is 5.76. The van der Waals surface area contributed by atoms with Gasteiger partial charge in [-0.25, -0.2) is 0 Å². The number of carbonyl (C=O) groups is 1. The van der Waals surface area contributed by atoms with Gasteiger partial charge < -0.3 is 5.32 Å². The van der Waals surface area contributed by atoms with E-state index in [9.17, 15) is 4.79 Å². The van der Waals surface area contributed by atoms with E-state index in [1.165, 1.54) is 0 Å². The molecule has 0 rings (SSSR count). The molecule has 0 fully saturated rings. The molecule has 12 heavy (non-hydrogen) atoms. The van der Waals surface area contributed by atoms with Crippen LogP contribution in [0.15, 0.2) is 0 Å². The van der Waals surface area contributed by atoms with Gasteiger partial charge in [0.2, 0.25) is 5.91 Å². The van der Waals surface area contributed by atoms with Gasteiger partial charge in [0.15, 0.2) is 0 Å². The molecule has 0 aliphatic rings. The molecule has 3 heteroatoms. The molecule has 1 atom stereocenters. The van der Waals surface area contributed by atoms with Gasteiger partial charge in [-0.1, -0.05) is 13.8 Å². The van der Waals surface area contributed by atoms with E-state index < -0.39 is 0 Å². The molecular formula is C9H16N2O. The Balaban J connectivity index is 3.55. The van der Waals surface area contributed by atoms with Gasteiger partial charge in [-0.2, -0.15) is 5.26 Å². The highest BCUT2D eigenvalue weighted by atomic mass is 16.1. The van der Waals surface area contributed by atoms with Gasteiger partial charge in [0.05, 0.1) is 12.0 Å². The topological polar surface area (TPSA) is 52.9 Å². The van der Waals surface area contributed by atoms with E-state index >= 15 is 0 Å². The molecule has 0 aliphatic carbocycles. The molecule has 0 saturated heterocycles. The number of carbonyl (C=O) groups excluding carboxylic acids is 1. The monoisotopic (exact) mass is 168 g/mol. The second-order valence-corrected chi connectivity index (χ2v) is 3.43. The summed E-state index contributed by atoms with van der Waals surface area (Å²) in [7, 11) is 0. The van der Waals surface area contributed by atoms with E-state index in [1.807, 2.05) is 19.9 Å². The minimum absolute atomic E-state index is 0.0299. The maximum Gasteiger partial charge on any atom is 0.221 e. The fourth-order valence-electron chi connectivity index (χ4n) is 0.714. The molecule has 0 aromatic carbocycles. The van der Waals surface area contributed by atoms with Gasteiger partial charge in [-0.3, -0.25) is 4.79 Å². The van der Waals surface area contributed by atoms with Gasteiger partial charge in [-0.05, 0) is 12.8 Å². The molecule has 1 unspecified atom stereocenters. The molecule has 0 radical (unpaired) electrons. The summed E-state index contributed by atoms with van der Waals surface area (Å²) >= 11 is 0. The molecule has 0 heterocycles. The van der Waals surface area contributed by atoms with Gasteiger partial charge in [0, 0.05) is 13.0 Å². The Morgan fingerprint density at radius 3 is 2.50 bits per heavy atom. The first-order chi connectivity index (χ1) is 5.56. The normalized spacial score (nSPS) is 12.2. The number of hydrogen-bond donors (Lipinski definition) is 1. The Labute approximate surface area is 73.8 Å². The number of nitriles is 1. The summed E-state index contributed by atoms with van der Waals surface area (Å²) in [6.45, 7) is 6.51. The van der Waals surface area contributed by atoms with Crippen molar-refractivity contribution in [3.63, 3.8) is 0 Å². The second kappa shape index (κ2) is 5.59. The van der Waals surface area contributed by atoms with E-state index in [4.69, 9.17) is 5.26 Å². The van der Waals surface area contributed by atoms with Crippen molar-refractivity contribution in [3.8, 4) is 6.07 Å². The van der Waals surface area contributed by atoms with Crippen LogP contribution in [-0.2, 0) is 4.79 Å². The van der Waals surface area contributed by atoms with E-state index in [-0.39, 0.29) is 11.8 Å². The summed E-state index contributed by atoms with van der Waals surface area (Å²) in [6.07, 6.45) is 0.309. The van der Waals surface area contributed by atoms with Gasteiger partial charge in [0.25, 0.3) is 0 Å². The first-order valence-corrected chi connectivity index (χ1v) is 4.22. The Morgan fingerprint density at radius 1 is 1.50 bits per heavy atom. The lowest BCUT2D eigenvalue weighted by Gasteiger charge is -2.07. The fourth-order valence-corrected chi connectivity index (χ4v) is 0.714. The minimum Gasteiger partial charge on any atom is -0.356 e. The second-order valence-electron chi connectivity index (χ2n) is 3.43. The van der Waals surface area contributed by atoms with Crippen molar-refractivity contribution in [2.75, 3.05) is 6.54 Å². The smallest absolute Gasteiger partial charge is 0.221 e. The SMILES string of the molecule is CC(C)CNC(=O)CC(C)C#N. The van der Waals surface area contributed by atoms with Crippen LogP contribution in [0.3, 0.4) is 0 Å². The zero-order valence-corrected chi connectivity index (χ0v) is 7.92. The maximum absolute atomic E-state index is 11.1. The average molecular weight is 168 g/mol.